The molecule has 2 heterocycles. The van der Waals surface area contributed by atoms with Crippen molar-refractivity contribution in [2.45, 2.75) is 51.4 Å². The molecule has 2 atom stereocenters. The van der Waals surface area contributed by atoms with Crippen molar-refractivity contribution in [1.82, 2.24) is 10.3 Å². The van der Waals surface area contributed by atoms with Gasteiger partial charge in [0.2, 0.25) is 0 Å². The highest BCUT2D eigenvalue weighted by Crippen LogP contribution is 2.22. The highest BCUT2D eigenvalue weighted by Gasteiger charge is 2.28. The van der Waals surface area contributed by atoms with E-state index in [1.54, 1.807) is 16.8 Å². The van der Waals surface area contributed by atoms with E-state index in [-0.39, 0.29) is 23.5 Å². The molecular weight excluding hydrogens is 348 g/mol. The molecule has 6 heteroatoms. The number of benzene rings is 1. The second-order valence-electron chi connectivity index (χ2n) is 7.60. The molecule has 0 radical (unpaired) electrons. The van der Waals surface area contributed by atoms with Crippen LogP contribution in [0.15, 0.2) is 35.2 Å². The van der Waals surface area contributed by atoms with Gasteiger partial charge in [-0.25, -0.2) is 4.98 Å². The normalized spacial score (nSPS) is 20.7. The van der Waals surface area contributed by atoms with Gasteiger partial charge in [-0.3, -0.25) is 4.79 Å². The van der Waals surface area contributed by atoms with Crippen molar-refractivity contribution in [2.24, 2.45) is 0 Å². The Labute approximate surface area is 158 Å². The van der Waals surface area contributed by atoms with Crippen molar-refractivity contribution in [3.05, 3.63) is 52.0 Å². The fourth-order valence-corrected chi connectivity index (χ4v) is 3.46. The molecule has 1 aromatic heterocycles. The topological polar surface area (TPSA) is 60.5 Å². The Morgan fingerprint density at radius 2 is 2.12 bits per heavy atom. The first-order chi connectivity index (χ1) is 12.4. The molecule has 1 aliphatic rings. The number of rotatable bonds is 5. The molecule has 0 spiro atoms. The molecule has 1 aromatic carbocycles. The van der Waals surface area contributed by atoms with Crippen molar-refractivity contribution in [1.29, 1.82) is 0 Å². The van der Waals surface area contributed by atoms with E-state index < -0.39 is 0 Å². The molecule has 1 aliphatic heterocycles. The number of carbonyl (C=O) groups is 1. The molecule has 0 bridgehead atoms. The number of hydrogen-bond acceptors (Lipinski definition) is 5. The lowest BCUT2D eigenvalue weighted by Crippen LogP contribution is -2.49. The van der Waals surface area contributed by atoms with Crippen LogP contribution in [0, 0.1) is 0 Å². The van der Waals surface area contributed by atoms with E-state index in [1.807, 2.05) is 29.6 Å². The molecule has 1 amide bonds. The first-order valence-corrected chi connectivity index (χ1v) is 9.85. The van der Waals surface area contributed by atoms with E-state index in [1.165, 1.54) is 5.56 Å². The summed E-state index contributed by atoms with van der Waals surface area (Å²) in [4.78, 5) is 16.9. The van der Waals surface area contributed by atoms with Crippen LogP contribution in [0.4, 0.5) is 0 Å². The Morgan fingerprint density at radius 1 is 1.35 bits per heavy atom. The summed E-state index contributed by atoms with van der Waals surface area (Å²) in [5.41, 5.74) is 4.65. The summed E-state index contributed by atoms with van der Waals surface area (Å²) in [6.07, 6.45) is 0.580. The number of amides is 1. The SMILES string of the molecule is CC(C)(C)c1ccc(C(=O)NC2CCOCC2OCc2cscn2)cc1. The third kappa shape index (κ3) is 4.90. The lowest BCUT2D eigenvalue weighted by Gasteiger charge is -2.32. The predicted molar refractivity (Wildman–Crippen MR) is 103 cm³/mol. The van der Waals surface area contributed by atoms with Gasteiger partial charge in [-0.2, -0.15) is 0 Å². The van der Waals surface area contributed by atoms with Gasteiger partial charge in [0.25, 0.3) is 5.91 Å². The number of nitrogens with zero attached hydrogens (tertiary/aromatic N) is 1. The predicted octanol–water partition coefficient (Wildman–Crippen LogP) is 3.54. The molecule has 140 valence electrons. The summed E-state index contributed by atoms with van der Waals surface area (Å²) in [5.74, 6) is -0.0698. The summed E-state index contributed by atoms with van der Waals surface area (Å²) in [6, 6.07) is 7.77. The summed E-state index contributed by atoms with van der Waals surface area (Å²) in [6.45, 7) is 8.03. The van der Waals surface area contributed by atoms with E-state index in [9.17, 15) is 4.79 Å². The summed E-state index contributed by atoms with van der Waals surface area (Å²) < 4.78 is 11.5. The van der Waals surface area contributed by atoms with Gasteiger partial charge in [0, 0.05) is 17.6 Å². The minimum absolute atomic E-state index is 0.0582. The van der Waals surface area contributed by atoms with Gasteiger partial charge in [-0.05, 0) is 29.5 Å². The average Bonchev–Trinajstić information content (AvgIpc) is 3.14. The van der Waals surface area contributed by atoms with Crippen molar-refractivity contribution >= 4 is 17.2 Å². The number of thiazole rings is 1. The molecular formula is C20H26N2O3S. The van der Waals surface area contributed by atoms with Gasteiger partial charge in [0.05, 0.1) is 30.5 Å². The zero-order valence-corrected chi connectivity index (χ0v) is 16.3. The van der Waals surface area contributed by atoms with Crippen molar-refractivity contribution in [3.8, 4) is 0 Å². The van der Waals surface area contributed by atoms with Crippen LogP contribution in [0.2, 0.25) is 0 Å². The van der Waals surface area contributed by atoms with Crippen molar-refractivity contribution < 1.29 is 14.3 Å². The first-order valence-electron chi connectivity index (χ1n) is 8.91. The lowest BCUT2D eigenvalue weighted by molar-refractivity contribution is -0.0742. The van der Waals surface area contributed by atoms with Crippen molar-refractivity contribution in [3.63, 3.8) is 0 Å². The number of nitrogens with one attached hydrogen (secondary N) is 1. The Balaban J connectivity index is 1.60. The summed E-state index contributed by atoms with van der Waals surface area (Å²) in [7, 11) is 0. The first kappa shape index (κ1) is 19.0. The molecule has 1 N–H and O–H groups in total. The molecule has 0 saturated carbocycles. The third-order valence-corrected chi connectivity index (χ3v) is 5.20. The number of hydrogen-bond donors (Lipinski definition) is 1. The summed E-state index contributed by atoms with van der Waals surface area (Å²) >= 11 is 1.55. The fourth-order valence-electron chi connectivity index (χ4n) is 2.92. The second kappa shape index (κ2) is 8.29. The Bertz CT molecular complexity index is 708. The van der Waals surface area contributed by atoms with Gasteiger partial charge in [-0.15, -0.1) is 11.3 Å². The van der Waals surface area contributed by atoms with E-state index >= 15 is 0 Å². The van der Waals surface area contributed by atoms with Crippen LogP contribution in [-0.2, 0) is 21.5 Å². The van der Waals surface area contributed by atoms with E-state index in [0.29, 0.717) is 25.4 Å². The standard InChI is InChI=1S/C20H26N2O3S/c1-20(2,3)15-6-4-14(5-7-15)19(23)22-17-8-9-24-11-18(17)25-10-16-12-26-13-21-16/h4-7,12-13,17-18H,8-11H2,1-3H3,(H,22,23). The smallest absolute Gasteiger partial charge is 0.251 e. The monoisotopic (exact) mass is 374 g/mol. The van der Waals surface area contributed by atoms with Crippen LogP contribution in [0.3, 0.4) is 0 Å². The molecule has 1 fully saturated rings. The van der Waals surface area contributed by atoms with Crippen LogP contribution >= 0.6 is 11.3 Å². The largest absolute Gasteiger partial charge is 0.379 e. The Morgan fingerprint density at radius 3 is 2.77 bits per heavy atom. The molecule has 1 saturated heterocycles. The zero-order chi connectivity index (χ0) is 18.6. The molecule has 0 aliphatic carbocycles. The van der Waals surface area contributed by atoms with Crippen LogP contribution in [-0.4, -0.2) is 36.3 Å². The fraction of sp³-hybridized carbons (Fsp3) is 0.500. The zero-order valence-electron chi connectivity index (χ0n) is 15.5. The maximum absolute atomic E-state index is 12.6. The van der Waals surface area contributed by atoms with Crippen molar-refractivity contribution in [2.75, 3.05) is 13.2 Å². The highest BCUT2D eigenvalue weighted by molar-refractivity contribution is 7.07. The highest BCUT2D eigenvalue weighted by atomic mass is 32.1. The van der Waals surface area contributed by atoms with Gasteiger partial charge >= 0.3 is 0 Å². The van der Waals surface area contributed by atoms with Gasteiger partial charge in [-0.1, -0.05) is 32.9 Å². The molecule has 2 aromatic rings. The van der Waals surface area contributed by atoms with Crippen LogP contribution in [0.1, 0.15) is 48.8 Å². The molecule has 5 nitrogen and oxygen atoms in total. The van der Waals surface area contributed by atoms with E-state index in [4.69, 9.17) is 9.47 Å². The molecule has 26 heavy (non-hydrogen) atoms. The number of ether oxygens (including phenoxy) is 2. The maximum atomic E-state index is 12.6. The minimum Gasteiger partial charge on any atom is -0.379 e. The molecule has 2 unspecified atom stereocenters. The maximum Gasteiger partial charge on any atom is 0.251 e. The van der Waals surface area contributed by atoms with Crippen LogP contribution in [0.5, 0.6) is 0 Å². The molecule has 3 rings (SSSR count). The van der Waals surface area contributed by atoms with Gasteiger partial charge in [0.15, 0.2) is 0 Å². The van der Waals surface area contributed by atoms with E-state index in [2.05, 4.69) is 31.1 Å². The quantitative estimate of drug-likeness (QED) is 0.869. The number of carbonyl (C=O) groups excluding carboxylic acids is 1. The average molecular weight is 375 g/mol. The van der Waals surface area contributed by atoms with Crippen LogP contribution in [0.25, 0.3) is 0 Å². The van der Waals surface area contributed by atoms with Gasteiger partial charge in [0.1, 0.15) is 6.10 Å². The lowest BCUT2D eigenvalue weighted by atomic mass is 9.86. The minimum atomic E-state index is -0.164. The van der Waals surface area contributed by atoms with Crippen LogP contribution < -0.4 is 5.32 Å². The third-order valence-electron chi connectivity index (χ3n) is 4.56. The summed E-state index contributed by atoms with van der Waals surface area (Å²) in [5, 5.41) is 5.08. The van der Waals surface area contributed by atoms with E-state index in [0.717, 1.165) is 12.1 Å². The van der Waals surface area contributed by atoms with Gasteiger partial charge < -0.3 is 14.8 Å². The Hall–Kier alpha value is -1.76. The Kier molecular flexibility index (Phi) is 6.06. The second-order valence-corrected chi connectivity index (χ2v) is 8.32. The number of aromatic nitrogens is 1.